The lowest BCUT2D eigenvalue weighted by molar-refractivity contribution is -0.219. The summed E-state index contributed by atoms with van der Waals surface area (Å²) in [6, 6.07) is 0. The number of carbonyl (C=O) groups is 5. The maximum atomic E-state index is 18.0. The van der Waals surface area contributed by atoms with Crippen molar-refractivity contribution in [3.05, 3.63) is 47.6 Å². The van der Waals surface area contributed by atoms with Gasteiger partial charge in [-0.1, -0.05) is 51.0 Å². The molecule has 6 fully saturated rings. The van der Waals surface area contributed by atoms with E-state index in [0.717, 1.165) is 0 Å². The van der Waals surface area contributed by atoms with Crippen LogP contribution in [-0.4, -0.2) is 183 Å². The summed E-state index contributed by atoms with van der Waals surface area (Å²) < 4.78 is 46.4. The Labute approximate surface area is 455 Å². The molecule has 16 atom stereocenters. The van der Waals surface area contributed by atoms with E-state index in [-0.39, 0.29) is 32.6 Å². The minimum atomic E-state index is -2.54. The molecule has 10 N–H and O–H groups in total. The van der Waals surface area contributed by atoms with Crippen molar-refractivity contribution in [3.63, 3.8) is 0 Å². The van der Waals surface area contributed by atoms with Crippen molar-refractivity contribution in [1.29, 1.82) is 0 Å². The highest BCUT2D eigenvalue weighted by Crippen LogP contribution is 2.72. The Morgan fingerprint density at radius 2 is 1.12 bits per heavy atom. The number of aliphatic hydroxyl groups excluding tert-OH is 4. The van der Waals surface area contributed by atoms with Crippen molar-refractivity contribution in [1.82, 2.24) is 5.32 Å². The van der Waals surface area contributed by atoms with Crippen molar-refractivity contribution >= 4 is 40.5 Å². The zero-order chi connectivity index (χ0) is 57.8. The summed E-state index contributed by atoms with van der Waals surface area (Å²) in [7, 11) is 3.00. The van der Waals surface area contributed by atoms with E-state index in [4.69, 9.17) is 9.47 Å². The Hall–Kier alpha value is -4.09. The third-order valence-corrected chi connectivity index (χ3v) is 20.8. The van der Waals surface area contributed by atoms with Crippen LogP contribution in [0.2, 0.25) is 0 Å². The summed E-state index contributed by atoms with van der Waals surface area (Å²) in [5.74, 6) is -7.41. The third kappa shape index (κ3) is 9.23. The number of rotatable bonds is 19. The van der Waals surface area contributed by atoms with Crippen molar-refractivity contribution in [2.24, 2.45) is 72.9 Å². The highest BCUT2D eigenvalue weighted by Gasteiger charge is 2.77. The molecule has 18 nitrogen and oxygen atoms in total. The second-order valence-electron chi connectivity index (χ2n) is 24.5. The van der Waals surface area contributed by atoms with Crippen LogP contribution in [0.5, 0.6) is 0 Å². The predicted octanol–water partition coefficient (Wildman–Crippen LogP) is 2.55. The summed E-state index contributed by atoms with van der Waals surface area (Å²) in [5, 5.41) is 81.2. The molecule has 0 aromatic carbocycles. The summed E-state index contributed by atoms with van der Waals surface area (Å²) in [4.78, 5) is 76.1. The zero-order valence-corrected chi connectivity index (χ0v) is 46.5. The Kier molecular flexibility index (Phi) is 17.6. The number of ketones is 4. The number of nitrogens with two attached hydrogens (primary N) is 1. The monoisotopic (exact) mass is 1100 g/mol. The van der Waals surface area contributed by atoms with Crippen LogP contribution < -0.4 is 11.1 Å². The van der Waals surface area contributed by atoms with E-state index in [0.29, 0.717) is 67.7 Å². The van der Waals surface area contributed by atoms with Gasteiger partial charge in [-0.05, 0) is 120 Å². The topological polar surface area (TPSA) is 308 Å². The fourth-order valence-corrected chi connectivity index (χ4v) is 16.7. The molecule has 1 amide bonds. The van der Waals surface area contributed by atoms with Crippen LogP contribution in [0.3, 0.4) is 0 Å². The molecular weight excluding hydrogens is 1010 g/mol. The number of aliphatic imine (C=N–C) groups is 2. The predicted molar refractivity (Wildman–Crippen MR) is 284 cm³/mol. The molecule has 0 saturated heterocycles. The van der Waals surface area contributed by atoms with Crippen molar-refractivity contribution in [2.75, 3.05) is 66.8 Å². The molecule has 0 unspecified atom stereocenters. The van der Waals surface area contributed by atoms with Gasteiger partial charge in [0, 0.05) is 60.0 Å². The van der Waals surface area contributed by atoms with Gasteiger partial charge in [-0.15, -0.1) is 0 Å². The number of allylic oxidation sites excluding steroid dienone is 8. The van der Waals surface area contributed by atoms with E-state index in [1.165, 1.54) is 14.2 Å². The molecule has 0 aromatic heterocycles. The minimum Gasteiger partial charge on any atom is -0.390 e. The zero-order valence-electron chi connectivity index (χ0n) is 46.5. The van der Waals surface area contributed by atoms with E-state index in [1.54, 1.807) is 78.0 Å². The van der Waals surface area contributed by atoms with Crippen LogP contribution in [0.4, 0.5) is 8.78 Å². The lowest BCUT2D eigenvalue weighted by Crippen LogP contribution is -2.69. The SMILES string of the molecule is CN.COCCOCCNC(=O)C(O)(CC(=O)CN=C1C=C[C@@]2(C)C(=C1)CC[C@H]1[C@@H]3C[C@@H](C)[C@](O)(C(=O)CO)[C@@]3(C)C[C@H](O)[C@@]12F)CC(=O)CN=C1C=C[C@@]2(C)C(=C1)CC[C@H]1[C@@H]3C[C@@H](C)[C@](O)(C(=O)CO)[C@@]3(C)C[C@H](O)[C@@]12F. The molecule has 8 aliphatic carbocycles. The first kappa shape index (κ1) is 61.5. The fourth-order valence-electron chi connectivity index (χ4n) is 16.7. The first-order chi connectivity index (χ1) is 36.6. The Morgan fingerprint density at radius 3 is 1.50 bits per heavy atom. The molecule has 0 heterocycles. The Morgan fingerprint density at radius 1 is 0.705 bits per heavy atom. The second kappa shape index (κ2) is 22.3. The van der Waals surface area contributed by atoms with E-state index < -0.39 is 166 Å². The molecule has 0 bridgehead atoms. The van der Waals surface area contributed by atoms with Gasteiger partial charge in [0.1, 0.15) is 24.4 Å². The third-order valence-electron chi connectivity index (χ3n) is 20.8. The number of amides is 1. The van der Waals surface area contributed by atoms with Crippen LogP contribution in [-0.2, 0) is 33.4 Å². The van der Waals surface area contributed by atoms with Gasteiger partial charge in [-0.2, -0.15) is 0 Å². The quantitative estimate of drug-likeness (QED) is 0.0840. The number of Topliss-reactive ketones (excluding diaryl/α,β-unsaturated/α-hetero) is 4. The molecule has 0 radical (unpaired) electrons. The number of nitrogens with one attached hydrogen (secondary N) is 1. The van der Waals surface area contributed by atoms with Crippen LogP contribution in [0.25, 0.3) is 0 Å². The molecule has 0 spiro atoms. The fraction of sp³-hybridized carbons (Fsp3) is 0.741. The van der Waals surface area contributed by atoms with Crippen molar-refractivity contribution < 1.29 is 78.0 Å². The van der Waals surface area contributed by atoms with Crippen LogP contribution in [0, 0.1) is 57.2 Å². The van der Waals surface area contributed by atoms with Crippen LogP contribution in [0.15, 0.2) is 57.6 Å². The average Bonchev–Trinajstić information content (AvgIpc) is 3.62. The van der Waals surface area contributed by atoms with E-state index in [1.807, 2.05) is 0 Å². The number of methoxy groups -OCH3 is 1. The number of carbonyl (C=O) groups excluding carboxylic acids is 5. The van der Waals surface area contributed by atoms with Crippen molar-refractivity contribution in [2.45, 2.75) is 146 Å². The first-order valence-corrected chi connectivity index (χ1v) is 27.6. The van der Waals surface area contributed by atoms with Crippen LogP contribution >= 0.6 is 0 Å². The van der Waals surface area contributed by atoms with Gasteiger partial charge in [0.2, 0.25) is 0 Å². The van der Waals surface area contributed by atoms with E-state index >= 15 is 8.78 Å². The summed E-state index contributed by atoms with van der Waals surface area (Å²) in [6.45, 7) is 7.98. The van der Waals surface area contributed by atoms with Crippen LogP contribution in [0.1, 0.15) is 106 Å². The lowest BCUT2D eigenvalue weighted by atomic mass is 9.44. The number of ether oxygens (including phenoxy) is 2. The molecule has 20 heteroatoms. The number of hydrogen-bond acceptors (Lipinski definition) is 17. The molecule has 6 saturated carbocycles. The Balaban J connectivity index is 0.00000436. The number of fused-ring (bicyclic) bond motifs is 10. The van der Waals surface area contributed by atoms with Gasteiger partial charge in [0.15, 0.2) is 40.1 Å². The van der Waals surface area contributed by atoms with Gasteiger partial charge in [-0.25, -0.2) is 8.78 Å². The molecule has 434 valence electrons. The van der Waals surface area contributed by atoms with E-state index in [9.17, 15) is 59.7 Å². The highest BCUT2D eigenvalue weighted by atomic mass is 19.1. The maximum Gasteiger partial charge on any atom is 0.252 e. The minimum absolute atomic E-state index is 0.0412. The number of aliphatic hydroxyl groups is 7. The number of hydrogen-bond donors (Lipinski definition) is 9. The lowest BCUT2D eigenvalue weighted by Gasteiger charge is -2.62. The summed E-state index contributed by atoms with van der Waals surface area (Å²) in [5.41, 5.74) is -9.39. The largest absolute Gasteiger partial charge is 0.390 e. The molecule has 8 aliphatic rings. The molecular formula is C58H84F2N4O14. The number of halogens is 2. The highest BCUT2D eigenvalue weighted by molar-refractivity contribution is 6.08. The standard InChI is InChI=1S/C57H79F2N3O14.CH5N/c1-32-20-42-40-10-8-34-22-36(12-14-49(34,3)54(40,58)44(67)26-51(42,5)56(32,73)46(69)30-63)61-28-38(65)24-53(72,48(71)60-16-17-76-19-18-75-7)25-39(66)29-62-37-13-15-50(4)35(23-37)9-11-41-43-21-33(2)57(74,47(70)31-64)52(43,6)27-45(68)55(41,50)59;1-2/h12-15,22-23,32-33,40-45,63-64,67-68,72-74H,8-11,16-21,24-31H2,1-7H3,(H,60,71);2H2,1H3/t32-,33-,40+,41+,42+,43+,44+,45+,49+,50+,51+,52+,53?,54+,55+,56+,57+;/m1./s1. The second-order valence-corrected chi connectivity index (χ2v) is 24.5. The van der Waals surface area contributed by atoms with E-state index in [2.05, 4.69) is 21.0 Å². The van der Waals surface area contributed by atoms with Gasteiger partial charge in [0.25, 0.3) is 5.91 Å². The molecule has 0 aromatic rings. The normalized spacial score (nSPS) is 42.8. The van der Waals surface area contributed by atoms with Crippen molar-refractivity contribution in [3.8, 4) is 0 Å². The Bertz CT molecular complexity index is 2420. The van der Waals surface area contributed by atoms with Gasteiger partial charge < -0.3 is 56.3 Å². The summed E-state index contributed by atoms with van der Waals surface area (Å²) >= 11 is 0. The maximum absolute atomic E-state index is 18.0. The molecule has 8 rings (SSSR count). The summed E-state index contributed by atoms with van der Waals surface area (Å²) in [6.07, 6.45) is 6.57. The number of alkyl halides is 2. The average molecular weight is 1100 g/mol. The molecule has 78 heavy (non-hydrogen) atoms. The smallest absolute Gasteiger partial charge is 0.252 e. The number of nitrogens with zero attached hydrogens (tertiary/aromatic N) is 2. The van der Waals surface area contributed by atoms with Gasteiger partial charge in [0.05, 0.1) is 56.5 Å². The van der Waals surface area contributed by atoms with Gasteiger partial charge in [-0.3, -0.25) is 34.0 Å². The molecule has 0 aliphatic heterocycles. The first-order valence-electron chi connectivity index (χ1n) is 27.6. The van der Waals surface area contributed by atoms with Gasteiger partial charge >= 0.3 is 0 Å².